The summed E-state index contributed by atoms with van der Waals surface area (Å²) >= 11 is 6.04. The van der Waals surface area contributed by atoms with E-state index in [1.807, 2.05) is 0 Å². The number of rotatable bonds is 2. The van der Waals surface area contributed by atoms with Crippen molar-refractivity contribution in [2.75, 3.05) is 5.73 Å². The zero-order valence-electron chi connectivity index (χ0n) is 10.3. The van der Waals surface area contributed by atoms with Crippen molar-refractivity contribution in [1.29, 1.82) is 0 Å². The number of carbonyl (C=O) groups is 1. The van der Waals surface area contributed by atoms with E-state index in [0.717, 1.165) is 6.07 Å². The monoisotopic (exact) mass is 288 g/mol. The van der Waals surface area contributed by atoms with E-state index in [1.54, 1.807) is 18.2 Å². The molecule has 0 fully saturated rings. The number of aromatic amines is 1. The van der Waals surface area contributed by atoms with E-state index in [1.165, 1.54) is 18.3 Å². The van der Waals surface area contributed by atoms with Crippen LogP contribution in [0, 0.1) is 5.82 Å². The number of nitrogens with one attached hydrogen (secondary N) is 1. The largest absolute Gasteiger partial charge is 0.399 e. The fourth-order valence-corrected chi connectivity index (χ4v) is 2.39. The van der Waals surface area contributed by atoms with Gasteiger partial charge in [0.25, 0.3) is 0 Å². The normalized spacial score (nSPS) is 10.9. The molecule has 0 unspecified atom stereocenters. The van der Waals surface area contributed by atoms with Gasteiger partial charge < -0.3 is 10.7 Å². The van der Waals surface area contributed by atoms with Crippen LogP contribution >= 0.6 is 11.6 Å². The van der Waals surface area contributed by atoms with Crippen LogP contribution in [-0.2, 0) is 0 Å². The number of ketones is 1. The highest BCUT2D eigenvalue weighted by Crippen LogP contribution is 2.27. The third-order valence-electron chi connectivity index (χ3n) is 3.15. The first-order valence-electron chi connectivity index (χ1n) is 5.93. The summed E-state index contributed by atoms with van der Waals surface area (Å²) in [6, 6.07) is 9.25. The molecule has 3 nitrogen and oxygen atoms in total. The molecule has 0 aliphatic rings. The van der Waals surface area contributed by atoms with Crippen molar-refractivity contribution in [2.45, 2.75) is 0 Å². The molecule has 1 heterocycles. The summed E-state index contributed by atoms with van der Waals surface area (Å²) < 4.78 is 13.8. The summed E-state index contributed by atoms with van der Waals surface area (Å²) in [5.74, 6) is -1.04. The van der Waals surface area contributed by atoms with Crippen molar-refractivity contribution in [3.8, 4) is 0 Å². The summed E-state index contributed by atoms with van der Waals surface area (Å²) in [6.07, 6.45) is 1.54. The second-order valence-electron chi connectivity index (χ2n) is 4.43. The van der Waals surface area contributed by atoms with E-state index in [-0.39, 0.29) is 11.3 Å². The Morgan fingerprint density at radius 1 is 1.20 bits per heavy atom. The van der Waals surface area contributed by atoms with E-state index < -0.39 is 11.6 Å². The maximum atomic E-state index is 13.8. The van der Waals surface area contributed by atoms with E-state index in [4.69, 9.17) is 17.3 Å². The minimum atomic E-state index is -0.633. The number of para-hydroxylation sites is 1. The van der Waals surface area contributed by atoms with Crippen LogP contribution in [0.5, 0.6) is 0 Å². The number of hydrogen-bond donors (Lipinski definition) is 2. The summed E-state index contributed by atoms with van der Waals surface area (Å²) in [7, 11) is 0. The number of nitrogens with two attached hydrogens (primary N) is 1. The van der Waals surface area contributed by atoms with Gasteiger partial charge in [0.15, 0.2) is 5.78 Å². The lowest BCUT2D eigenvalue weighted by Gasteiger charge is -2.03. The molecule has 0 aliphatic carbocycles. The molecular formula is C15H10ClFN2O. The highest BCUT2D eigenvalue weighted by molar-refractivity contribution is 6.35. The fraction of sp³-hybridized carbons (Fsp3) is 0. The summed E-state index contributed by atoms with van der Waals surface area (Å²) in [5, 5.41) is 1.18. The van der Waals surface area contributed by atoms with Gasteiger partial charge in [0.2, 0.25) is 0 Å². The number of anilines is 1. The number of aromatic nitrogens is 1. The summed E-state index contributed by atoms with van der Waals surface area (Å²) in [6.45, 7) is 0. The fourth-order valence-electron chi connectivity index (χ4n) is 2.17. The number of hydrogen-bond acceptors (Lipinski definition) is 2. The zero-order valence-corrected chi connectivity index (χ0v) is 11.0. The van der Waals surface area contributed by atoms with Crippen molar-refractivity contribution in [2.24, 2.45) is 0 Å². The summed E-state index contributed by atoms with van der Waals surface area (Å²) in [5.41, 5.74) is 6.79. The number of benzene rings is 2. The molecule has 0 saturated heterocycles. The van der Waals surface area contributed by atoms with Gasteiger partial charge >= 0.3 is 0 Å². The Bertz CT molecular complexity index is 826. The molecule has 100 valence electrons. The first-order chi connectivity index (χ1) is 9.58. The molecule has 3 rings (SSSR count). The average Bonchev–Trinajstić information content (AvgIpc) is 2.83. The van der Waals surface area contributed by atoms with E-state index in [2.05, 4.69) is 4.98 Å². The molecule has 0 saturated carbocycles. The van der Waals surface area contributed by atoms with Gasteiger partial charge in [-0.25, -0.2) is 4.39 Å². The molecule has 5 heteroatoms. The number of nitrogen functional groups attached to an aromatic ring is 1. The highest BCUT2D eigenvalue weighted by atomic mass is 35.5. The number of H-pyrrole nitrogens is 1. The van der Waals surface area contributed by atoms with Crippen LogP contribution in [0.2, 0.25) is 5.02 Å². The second kappa shape index (κ2) is 4.65. The topological polar surface area (TPSA) is 58.9 Å². The molecule has 1 aromatic heterocycles. The van der Waals surface area contributed by atoms with E-state index in [9.17, 15) is 9.18 Å². The van der Waals surface area contributed by atoms with E-state index in [0.29, 0.717) is 21.5 Å². The smallest absolute Gasteiger partial charge is 0.198 e. The Hall–Kier alpha value is -2.33. The van der Waals surface area contributed by atoms with Gasteiger partial charge in [-0.1, -0.05) is 23.7 Å². The van der Waals surface area contributed by atoms with Crippen LogP contribution < -0.4 is 5.73 Å². The van der Waals surface area contributed by atoms with Gasteiger partial charge in [-0.05, 0) is 24.3 Å². The van der Waals surface area contributed by atoms with Crippen LogP contribution in [0.4, 0.5) is 10.1 Å². The molecule has 0 spiro atoms. The molecule has 0 radical (unpaired) electrons. The predicted octanol–water partition coefficient (Wildman–Crippen LogP) is 3.77. The van der Waals surface area contributed by atoms with Crippen LogP contribution in [-0.4, -0.2) is 10.8 Å². The molecule has 3 aromatic rings. The standard InChI is InChI=1S/C15H10ClFN2O/c16-12-3-1-2-9-11(7-19-14(9)12)15(20)10-5-4-8(18)6-13(10)17/h1-7,19H,18H2. The Morgan fingerprint density at radius 2 is 2.00 bits per heavy atom. The third-order valence-corrected chi connectivity index (χ3v) is 3.46. The second-order valence-corrected chi connectivity index (χ2v) is 4.84. The first kappa shape index (κ1) is 12.7. The molecule has 0 amide bonds. The van der Waals surface area contributed by atoms with Gasteiger partial charge in [0, 0.05) is 22.8 Å². The third kappa shape index (κ3) is 1.94. The van der Waals surface area contributed by atoms with Gasteiger partial charge in [0.1, 0.15) is 5.82 Å². The quantitative estimate of drug-likeness (QED) is 0.557. The maximum absolute atomic E-state index is 13.8. The molecule has 0 aliphatic heterocycles. The number of carbonyl (C=O) groups excluding carboxylic acids is 1. The number of fused-ring (bicyclic) bond motifs is 1. The lowest BCUT2D eigenvalue weighted by Crippen LogP contribution is -2.04. The van der Waals surface area contributed by atoms with E-state index >= 15 is 0 Å². The van der Waals surface area contributed by atoms with Crippen LogP contribution in [0.1, 0.15) is 15.9 Å². The van der Waals surface area contributed by atoms with Crippen LogP contribution in [0.15, 0.2) is 42.6 Å². The Morgan fingerprint density at radius 3 is 2.75 bits per heavy atom. The Kier molecular flexibility index (Phi) is 2.95. The lowest BCUT2D eigenvalue weighted by atomic mass is 10.0. The van der Waals surface area contributed by atoms with Crippen molar-refractivity contribution in [3.63, 3.8) is 0 Å². The van der Waals surface area contributed by atoms with Crippen molar-refractivity contribution in [3.05, 3.63) is 64.6 Å². The van der Waals surface area contributed by atoms with Crippen molar-refractivity contribution < 1.29 is 9.18 Å². The van der Waals surface area contributed by atoms with Crippen molar-refractivity contribution in [1.82, 2.24) is 4.98 Å². The first-order valence-corrected chi connectivity index (χ1v) is 6.31. The average molecular weight is 289 g/mol. The van der Waals surface area contributed by atoms with Gasteiger partial charge in [0.05, 0.1) is 16.1 Å². The molecule has 20 heavy (non-hydrogen) atoms. The highest BCUT2D eigenvalue weighted by Gasteiger charge is 2.18. The zero-order chi connectivity index (χ0) is 14.3. The lowest BCUT2D eigenvalue weighted by molar-refractivity contribution is 0.103. The number of halogens is 2. The van der Waals surface area contributed by atoms with Crippen LogP contribution in [0.25, 0.3) is 10.9 Å². The molecule has 0 atom stereocenters. The van der Waals surface area contributed by atoms with Crippen LogP contribution in [0.3, 0.4) is 0 Å². The van der Waals surface area contributed by atoms with Gasteiger partial charge in [-0.15, -0.1) is 0 Å². The minimum absolute atomic E-state index is 0.0138. The predicted molar refractivity (Wildman–Crippen MR) is 77.6 cm³/mol. The Balaban J connectivity index is 2.16. The van der Waals surface area contributed by atoms with Gasteiger partial charge in [-0.2, -0.15) is 0 Å². The molecule has 2 aromatic carbocycles. The summed E-state index contributed by atoms with van der Waals surface area (Å²) in [4.78, 5) is 15.4. The SMILES string of the molecule is Nc1ccc(C(=O)c2c[nH]c3c(Cl)cccc23)c(F)c1. The Labute approximate surface area is 119 Å². The molecule has 3 N–H and O–H groups in total. The molecule has 0 bridgehead atoms. The van der Waals surface area contributed by atoms with Gasteiger partial charge in [-0.3, -0.25) is 4.79 Å². The maximum Gasteiger partial charge on any atom is 0.198 e. The minimum Gasteiger partial charge on any atom is -0.399 e. The molecular weight excluding hydrogens is 279 g/mol. The van der Waals surface area contributed by atoms with Crippen molar-refractivity contribution >= 4 is 34.0 Å².